The lowest BCUT2D eigenvalue weighted by Crippen LogP contribution is -2.36. The Hall–Kier alpha value is -4.66. The highest BCUT2D eigenvalue weighted by Crippen LogP contribution is 2.25. The molecule has 36 heavy (non-hydrogen) atoms. The number of rotatable bonds is 9. The predicted octanol–water partition coefficient (Wildman–Crippen LogP) is 3.68. The van der Waals surface area contributed by atoms with E-state index in [1.807, 2.05) is 41.9 Å². The number of aromatic nitrogens is 2. The minimum Gasteiger partial charge on any atom is -0.465 e. The van der Waals surface area contributed by atoms with Crippen LogP contribution >= 0.6 is 0 Å². The van der Waals surface area contributed by atoms with Gasteiger partial charge in [0.25, 0.3) is 5.91 Å². The van der Waals surface area contributed by atoms with Crippen molar-refractivity contribution in [3.8, 4) is 0 Å². The van der Waals surface area contributed by atoms with Crippen LogP contribution in [0.1, 0.15) is 28.7 Å². The molecule has 9 nitrogen and oxygen atoms in total. The summed E-state index contributed by atoms with van der Waals surface area (Å²) in [5, 5.41) is 10.8. The van der Waals surface area contributed by atoms with E-state index >= 15 is 0 Å². The molecule has 4 rings (SSSR count). The number of ether oxygens (including phenoxy) is 1. The van der Waals surface area contributed by atoms with Gasteiger partial charge in [0.2, 0.25) is 0 Å². The molecule has 0 saturated carbocycles. The number of nitrogens with zero attached hydrogens (tertiary/aromatic N) is 3. The standard InChI is InChI=1S/C27H28N6O3/c1-3-36-25(34)17-33(27(35)19-7-5-4-6-8-19)21-13-14-23-22(15-21)31-24(32(23)2)16-30-20-11-9-18(10-12-20)26(28)29/h4-15,30H,3,16-17H2,1-2H3,(H3,28,29). The quantitative estimate of drug-likeness (QED) is 0.189. The van der Waals surface area contributed by atoms with E-state index in [0.29, 0.717) is 28.9 Å². The van der Waals surface area contributed by atoms with Crippen LogP contribution in [-0.2, 0) is 23.1 Å². The van der Waals surface area contributed by atoms with Crippen molar-refractivity contribution in [3.05, 3.63) is 89.7 Å². The van der Waals surface area contributed by atoms with E-state index in [1.165, 1.54) is 4.90 Å². The molecule has 0 radical (unpaired) electrons. The van der Waals surface area contributed by atoms with Gasteiger partial charge in [-0.2, -0.15) is 0 Å². The van der Waals surface area contributed by atoms with Crippen molar-refractivity contribution in [2.75, 3.05) is 23.4 Å². The Morgan fingerprint density at radius 1 is 1.06 bits per heavy atom. The van der Waals surface area contributed by atoms with Crippen molar-refractivity contribution >= 4 is 40.1 Å². The van der Waals surface area contributed by atoms with Crippen LogP contribution in [0.4, 0.5) is 11.4 Å². The third-order valence-electron chi connectivity index (χ3n) is 5.77. The summed E-state index contributed by atoms with van der Waals surface area (Å²) in [6, 6.07) is 21.6. The molecule has 0 bridgehead atoms. The predicted molar refractivity (Wildman–Crippen MR) is 140 cm³/mol. The third-order valence-corrected chi connectivity index (χ3v) is 5.77. The van der Waals surface area contributed by atoms with Crippen LogP contribution in [-0.4, -0.2) is 40.4 Å². The second-order valence-corrected chi connectivity index (χ2v) is 8.17. The normalized spacial score (nSPS) is 10.7. The van der Waals surface area contributed by atoms with E-state index in [-0.39, 0.29) is 24.9 Å². The number of imidazole rings is 1. The zero-order valence-corrected chi connectivity index (χ0v) is 20.2. The van der Waals surface area contributed by atoms with Crippen LogP contribution in [0.5, 0.6) is 0 Å². The van der Waals surface area contributed by atoms with Crippen LogP contribution in [0.15, 0.2) is 72.8 Å². The minimum atomic E-state index is -0.483. The molecular formula is C27H28N6O3. The topological polar surface area (TPSA) is 126 Å². The number of nitrogens with two attached hydrogens (primary N) is 1. The van der Waals surface area contributed by atoms with Gasteiger partial charge in [-0.3, -0.25) is 19.9 Å². The van der Waals surface area contributed by atoms with E-state index < -0.39 is 5.97 Å². The molecular weight excluding hydrogens is 456 g/mol. The van der Waals surface area contributed by atoms with Gasteiger partial charge in [0, 0.05) is 29.5 Å². The summed E-state index contributed by atoms with van der Waals surface area (Å²) >= 11 is 0. The molecule has 4 N–H and O–H groups in total. The fraction of sp³-hybridized carbons (Fsp3) is 0.185. The molecule has 0 aliphatic carbocycles. The zero-order chi connectivity index (χ0) is 25.7. The molecule has 0 atom stereocenters. The van der Waals surface area contributed by atoms with E-state index in [1.54, 1.807) is 49.4 Å². The molecule has 0 aliphatic heterocycles. The van der Waals surface area contributed by atoms with E-state index in [4.69, 9.17) is 20.9 Å². The number of benzene rings is 3. The molecule has 1 amide bonds. The minimum absolute atomic E-state index is 0.0236. The van der Waals surface area contributed by atoms with Gasteiger partial charge in [-0.15, -0.1) is 0 Å². The molecule has 0 saturated heterocycles. The number of esters is 1. The first-order valence-electron chi connectivity index (χ1n) is 11.5. The highest BCUT2D eigenvalue weighted by Gasteiger charge is 2.22. The van der Waals surface area contributed by atoms with Crippen molar-refractivity contribution < 1.29 is 14.3 Å². The first-order chi connectivity index (χ1) is 17.4. The van der Waals surface area contributed by atoms with E-state index in [9.17, 15) is 9.59 Å². The smallest absolute Gasteiger partial charge is 0.326 e. The van der Waals surface area contributed by atoms with Crippen molar-refractivity contribution in [1.82, 2.24) is 9.55 Å². The first kappa shape index (κ1) is 24.5. The Labute approximate surface area is 209 Å². The van der Waals surface area contributed by atoms with Gasteiger partial charge in [0.1, 0.15) is 18.2 Å². The van der Waals surface area contributed by atoms with Crippen LogP contribution in [0, 0.1) is 5.41 Å². The largest absolute Gasteiger partial charge is 0.465 e. The third kappa shape index (κ3) is 5.35. The fourth-order valence-corrected chi connectivity index (χ4v) is 3.87. The van der Waals surface area contributed by atoms with Gasteiger partial charge >= 0.3 is 5.97 Å². The maximum atomic E-state index is 13.3. The van der Waals surface area contributed by atoms with E-state index in [0.717, 1.165) is 17.0 Å². The summed E-state index contributed by atoms with van der Waals surface area (Å²) in [5.74, 6) is 0.0398. The second-order valence-electron chi connectivity index (χ2n) is 8.17. The number of nitrogen functional groups attached to an aromatic ring is 1. The van der Waals surface area contributed by atoms with Gasteiger partial charge in [0.05, 0.1) is 24.2 Å². The van der Waals surface area contributed by atoms with Gasteiger partial charge < -0.3 is 20.4 Å². The summed E-state index contributed by atoms with van der Waals surface area (Å²) in [6.07, 6.45) is 0. The number of amidine groups is 1. The van der Waals surface area contributed by atoms with Crippen LogP contribution in [0.25, 0.3) is 11.0 Å². The SMILES string of the molecule is CCOC(=O)CN(C(=O)c1ccccc1)c1ccc2c(c1)nc(CNc1ccc(C(=N)N)cc1)n2C. The highest BCUT2D eigenvalue weighted by molar-refractivity contribution is 6.09. The molecule has 0 unspecified atom stereocenters. The number of carbonyl (C=O) groups is 2. The average Bonchev–Trinajstić information content (AvgIpc) is 3.21. The van der Waals surface area contributed by atoms with E-state index in [2.05, 4.69) is 5.32 Å². The summed E-state index contributed by atoms with van der Waals surface area (Å²) in [6.45, 7) is 2.23. The lowest BCUT2D eigenvalue weighted by atomic mass is 10.1. The number of anilines is 2. The Morgan fingerprint density at radius 3 is 2.44 bits per heavy atom. The van der Waals surface area contributed by atoms with Gasteiger partial charge in [-0.25, -0.2) is 4.98 Å². The molecule has 9 heteroatoms. The number of hydrogen-bond acceptors (Lipinski definition) is 6. The number of aryl methyl sites for hydroxylation is 1. The zero-order valence-electron chi connectivity index (χ0n) is 20.2. The summed E-state index contributed by atoms with van der Waals surface area (Å²) < 4.78 is 7.08. The lowest BCUT2D eigenvalue weighted by molar-refractivity contribution is -0.141. The fourth-order valence-electron chi connectivity index (χ4n) is 3.87. The van der Waals surface area contributed by atoms with Crippen molar-refractivity contribution in [1.29, 1.82) is 5.41 Å². The summed E-state index contributed by atoms with van der Waals surface area (Å²) in [5.41, 5.74) is 9.68. The highest BCUT2D eigenvalue weighted by atomic mass is 16.5. The molecule has 1 heterocycles. The van der Waals surface area contributed by atoms with Gasteiger partial charge in [-0.05, 0) is 61.5 Å². The monoisotopic (exact) mass is 484 g/mol. The molecule has 1 aromatic heterocycles. The Morgan fingerprint density at radius 2 is 1.78 bits per heavy atom. The van der Waals surface area contributed by atoms with Crippen LogP contribution < -0.4 is 16.0 Å². The molecule has 0 aliphatic rings. The number of carbonyl (C=O) groups excluding carboxylic acids is 2. The van der Waals surface area contributed by atoms with Crippen molar-refractivity contribution in [3.63, 3.8) is 0 Å². The van der Waals surface area contributed by atoms with Crippen molar-refractivity contribution in [2.45, 2.75) is 13.5 Å². The maximum absolute atomic E-state index is 13.3. The Balaban J connectivity index is 1.60. The summed E-state index contributed by atoms with van der Waals surface area (Å²) in [7, 11) is 1.93. The van der Waals surface area contributed by atoms with Crippen molar-refractivity contribution in [2.24, 2.45) is 12.8 Å². The number of amides is 1. The summed E-state index contributed by atoms with van der Waals surface area (Å²) in [4.78, 5) is 31.7. The maximum Gasteiger partial charge on any atom is 0.326 e. The molecule has 0 fully saturated rings. The van der Waals surface area contributed by atoms with Gasteiger partial charge in [-0.1, -0.05) is 18.2 Å². The molecule has 184 valence electrons. The molecule has 0 spiro atoms. The van der Waals surface area contributed by atoms with Crippen LogP contribution in [0.2, 0.25) is 0 Å². The Kier molecular flexibility index (Phi) is 7.29. The number of hydrogen-bond donors (Lipinski definition) is 3. The molecule has 3 aromatic carbocycles. The number of fused-ring (bicyclic) bond motifs is 1. The Bertz CT molecular complexity index is 1400. The van der Waals surface area contributed by atoms with Crippen LogP contribution in [0.3, 0.4) is 0 Å². The lowest BCUT2D eigenvalue weighted by Gasteiger charge is -2.22. The number of nitrogens with one attached hydrogen (secondary N) is 2. The average molecular weight is 485 g/mol. The second kappa shape index (κ2) is 10.7. The first-order valence-corrected chi connectivity index (χ1v) is 11.5. The van der Waals surface area contributed by atoms with Gasteiger partial charge in [0.15, 0.2) is 0 Å². The molecule has 4 aromatic rings.